The molecule has 0 bridgehead atoms. The zero-order valence-corrected chi connectivity index (χ0v) is 22.5. The number of halogens is 6. The van der Waals surface area contributed by atoms with E-state index in [2.05, 4.69) is 31.2 Å². The molecule has 2 aromatic carbocycles. The van der Waals surface area contributed by atoms with Crippen molar-refractivity contribution in [2.24, 2.45) is 0 Å². The van der Waals surface area contributed by atoms with E-state index in [1.807, 2.05) is 60.7 Å². The summed E-state index contributed by atoms with van der Waals surface area (Å²) in [5, 5.41) is 10.8. The van der Waals surface area contributed by atoms with E-state index in [-0.39, 0.29) is 34.4 Å². The maximum atomic E-state index is 11.5. The summed E-state index contributed by atoms with van der Waals surface area (Å²) in [5.41, 5.74) is 2.94. The van der Waals surface area contributed by atoms with Crippen molar-refractivity contribution in [1.29, 1.82) is 0 Å². The monoisotopic (exact) mass is 678 g/mol. The molecule has 0 aliphatic heterocycles. The van der Waals surface area contributed by atoms with Gasteiger partial charge >= 0.3 is 67.4 Å². The SMILES string of the molecule is F[P-](F)(F)(F)(F)F.O=C(Nc1ccccc1)Nc1ccncc1.O=C(Nc1ccccc1)Nc1ccncc1.[Ag+]. The molecular formula is C24H22AgF6N6O2P. The number of hydrogen-bond acceptors (Lipinski definition) is 4. The largest absolute Gasteiger partial charge is 1.00 e. The Morgan fingerprint density at radius 3 is 0.950 bits per heavy atom. The number of nitrogens with zero attached hydrogens (tertiary/aromatic N) is 2. The molecule has 0 spiro atoms. The fraction of sp³-hybridized carbons (Fsp3) is 0. The Morgan fingerprint density at radius 1 is 0.475 bits per heavy atom. The van der Waals surface area contributed by atoms with Gasteiger partial charge in [0.15, 0.2) is 0 Å². The van der Waals surface area contributed by atoms with Gasteiger partial charge in [0.1, 0.15) is 0 Å². The minimum atomic E-state index is -10.7. The molecule has 0 unspecified atom stereocenters. The van der Waals surface area contributed by atoms with Crippen molar-refractivity contribution in [3.63, 3.8) is 0 Å². The number of aromatic nitrogens is 2. The van der Waals surface area contributed by atoms with Crippen LogP contribution >= 0.6 is 7.81 Å². The minimum Gasteiger partial charge on any atom is -0.308 e. The number of anilines is 4. The van der Waals surface area contributed by atoms with Crippen LogP contribution in [0.15, 0.2) is 110 Å². The Bertz CT molecular complexity index is 1140. The molecule has 4 amide bonds. The molecule has 4 aromatic rings. The summed E-state index contributed by atoms with van der Waals surface area (Å²) < 4.78 is 59.2. The van der Waals surface area contributed by atoms with Crippen molar-refractivity contribution < 1.29 is 57.2 Å². The van der Waals surface area contributed by atoms with Crippen LogP contribution in [0, 0.1) is 0 Å². The smallest absolute Gasteiger partial charge is 0.308 e. The van der Waals surface area contributed by atoms with Gasteiger partial charge in [-0.3, -0.25) is 9.97 Å². The molecule has 218 valence electrons. The van der Waals surface area contributed by atoms with Crippen LogP contribution < -0.4 is 21.3 Å². The van der Waals surface area contributed by atoms with Crippen LogP contribution in [0.2, 0.25) is 0 Å². The molecule has 4 N–H and O–H groups in total. The third kappa shape index (κ3) is 19.2. The van der Waals surface area contributed by atoms with E-state index in [0.717, 1.165) is 11.4 Å². The van der Waals surface area contributed by atoms with Gasteiger partial charge in [0.05, 0.1) is 0 Å². The van der Waals surface area contributed by atoms with Crippen LogP contribution in [0.5, 0.6) is 0 Å². The molecule has 2 heterocycles. The number of hydrogen-bond donors (Lipinski definition) is 4. The topological polar surface area (TPSA) is 108 Å². The van der Waals surface area contributed by atoms with Crippen LogP contribution in [-0.2, 0) is 22.4 Å². The summed E-state index contributed by atoms with van der Waals surface area (Å²) in [4.78, 5) is 30.8. The number of para-hydroxylation sites is 2. The molecule has 16 heteroatoms. The molecule has 4 rings (SSSR count). The molecule has 0 radical (unpaired) electrons. The molecule has 0 aliphatic carbocycles. The van der Waals surface area contributed by atoms with Crippen LogP contribution in [0.4, 0.5) is 57.5 Å². The van der Waals surface area contributed by atoms with Crippen molar-refractivity contribution >= 4 is 42.6 Å². The number of pyridine rings is 2. The van der Waals surface area contributed by atoms with Crippen LogP contribution in [-0.4, -0.2) is 22.0 Å². The van der Waals surface area contributed by atoms with Crippen LogP contribution in [0.25, 0.3) is 0 Å². The second kappa shape index (κ2) is 14.4. The first-order valence-electron chi connectivity index (χ1n) is 10.8. The molecule has 0 fully saturated rings. The van der Waals surface area contributed by atoms with E-state index in [1.165, 1.54) is 0 Å². The molecule has 8 nitrogen and oxygen atoms in total. The first-order valence-corrected chi connectivity index (χ1v) is 12.8. The van der Waals surface area contributed by atoms with Crippen molar-refractivity contribution in [2.45, 2.75) is 0 Å². The molecular weight excluding hydrogens is 657 g/mol. The third-order valence-corrected chi connectivity index (χ3v) is 3.94. The molecule has 2 aromatic heterocycles. The van der Waals surface area contributed by atoms with Gasteiger partial charge in [-0.15, -0.1) is 0 Å². The third-order valence-electron chi connectivity index (χ3n) is 3.94. The average molecular weight is 679 g/mol. The zero-order valence-electron chi connectivity index (χ0n) is 20.1. The summed E-state index contributed by atoms with van der Waals surface area (Å²) in [6.07, 6.45) is 6.49. The quantitative estimate of drug-likeness (QED) is 0.0983. The Labute approximate surface area is 240 Å². The van der Waals surface area contributed by atoms with Gasteiger partial charge in [-0.2, -0.15) is 0 Å². The second-order valence-corrected chi connectivity index (χ2v) is 9.24. The van der Waals surface area contributed by atoms with E-state index < -0.39 is 7.81 Å². The number of benzene rings is 2. The van der Waals surface area contributed by atoms with E-state index in [0.29, 0.717) is 11.4 Å². The van der Waals surface area contributed by atoms with Crippen molar-refractivity contribution in [1.82, 2.24) is 9.97 Å². The Morgan fingerprint density at radius 2 is 0.700 bits per heavy atom. The van der Waals surface area contributed by atoms with E-state index in [4.69, 9.17) is 0 Å². The van der Waals surface area contributed by atoms with E-state index >= 15 is 0 Å². The Balaban J connectivity index is 0.000000320. The summed E-state index contributed by atoms with van der Waals surface area (Å²) in [7, 11) is -10.7. The summed E-state index contributed by atoms with van der Waals surface area (Å²) >= 11 is 0. The normalized spacial score (nSPS) is 11.7. The van der Waals surface area contributed by atoms with Crippen molar-refractivity contribution in [3.8, 4) is 0 Å². The Kier molecular flexibility index (Phi) is 12.3. The fourth-order valence-corrected chi connectivity index (χ4v) is 2.50. The fourth-order valence-electron chi connectivity index (χ4n) is 2.50. The van der Waals surface area contributed by atoms with Crippen molar-refractivity contribution in [2.75, 3.05) is 21.3 Å². The molecule has 0 atom stereocenters. The maximum absolute atomic E-state index is 11.5. The summed E-state index contributed by atoms with van der Waals surface area (Å²) in [6, 6.07) is 24.9. The predicted molar refractivity (Wildman–Crippen MR) is 140 cm³/mol. The number of urea groups is 2. The minimum absolute atomic E-state index is 0. The molecule has 0 saturated heterocycles. The summed E-state index contributed by atoms with van der Waals surface area (Å²) in [5.74, 6) is 0. The maximum Gasteiger partial charge on any atom is 1.00 e. The van der Waals surface area contributed by atoms with Gasteiger partial charge < -0.3 is 21.3 Å². The number of rotatable bonds is 4. The van der Waals surface area contributed by atoms with Crippen LogP contribution in [0.3, 0.4) is 0 Å². The van der Waals surface area contributed by atoms with E-state index in [9.17, 15) is 34.8 Å². The summed E-state index contributed by atoms with van der Waals surface area (Å²) in [6.45, 7) is 0. The first kappa shape index (κ1) is 34.1. The van der Waals surface area contributed by atoms with Gasteiger partial charge in [0.25, 0.3) is 0 Å². The number of carbonyl (C=O) groups is 2. The van der Waals surface area contributed by atoms with Crippen LogP contribution in [0.1, 0.15) is 0 Å². The zero-order chi connectivity index (χ0) is 28.8. The molecule has 0 saturated carbocycles. The van der Waals surface area contributed by atoms with Crippen molar-refractivity contribution in [3.05, 3.63) is 110 Å². The van der Waals surface area contributed by atoms with Gasteiger partial charge in [-0.05, 0) is 48.5 Å². The van der Waals surface area contributed by atoms with Gasteiger partial charge in [-0.25, -0.2) is 9.59 Å². The first-order chi connectivity index (χ1) is 18.1. The number of nitrogens with one attached hydrogen (secondary N) is 4. The van der Waals surface area contributed by atoms with Gasteiger partial charge in [0, 0.05) is 47.5 Å². The van der Waals surface area contributed by atoms with Gasteiger partial charge in [0.2, 0.25) is 0 Å². The number of amides is 4. The average Bonchev–Trinajstić information content (AvgIpc) is 2.85. The predicted octanol–water partition coefficient (Wildman–Crippen LogP) is 8.83. The number of carbonyl (C=O) groups excluding carboxylic acids is 2. The molecule has 0 aliphatic rings. The Hall–Kier alpha value is -3.97. The second-order valence-electron chi connectivity index (χ2n) is 7.32. The standard InChI is InChI=1S/2C12H11N3O.Ag.F6P/c2*16-12(14-10-4-2-1-3-5-10)15-11-6-8-13-9-7-11;;1-7(2,3,4,5)6/h2*1-9H,(H2,13,14,15,16);;/q;;+1;-1. The van der Waals surface area contributed by atoms with Gasteiger partial charge in [-0.1, -0.05) is 36.4 Å². The van der Waals surface area contributed by atoms with E-state index in [1.54, 1.807) is 49.1 Å². The molecule has 40 heavy (non-hydrogen) atoms.